The highest BCUT2D eigenvalue weighted by Crippen LogP contribution is 2.13. The zero-order valence-electron chi connectivity index (χ0n) is 16.1. The Kier molecular flexibility index (Phi) is 10.4. The number of nitrogens with zero attached hydrogens (tertiary/aromatic N) is 3. The predicted octanol–water partition coefficient (Wildman–Crippen LogP) is 2.88. The second-order valence-electron chi connectivity index (χ2n) is 6.67. The molecule has 25 heavy (non-hydrogen) atoms. The lowest BCUT2D eigenvalue weighted by atomic mass is 10.0. The summed E-state index contributed by atoms with van der Waals surface area (Å²) in [4.78, 5) is 6.93. The Morgan fingerprint density at radius 2 is 2.04 bits per heavy atom. The number of hydrogen-bond acceptors (Lipinski definition) is 4. The van der Waals surface area contributed by atoms with Gasteiger partial charge in [-0.15, -0.1) is 24.0 Å². The summed E-state index contributed by atoms with van der Waals surface area (Å²) in [7, 11) is 1.83. The number of halogens is 1. The third-order valence-corrected chi connectivity index (χ3v) is 4.83. The number of hydrogen-bond donors (Lipinski definition) is 2. The van der Waals surface area contributed by atoms with Crippen LogP contribution in [-0.4, -0.2) is 55.3 Å². The first kappa shape index (κ1) is 22.2. The van der Waals surface area contributed by atoms with E-state index < -0.39 is 0 Å². The van der Waals surface area contributed by atoms with Crippen LogP contribution < -0.4 is 10.6 Å². The molecular weight excluding hydrogens is 429 g/mol. The molecule has 0 atom stereocenters. The van der Waals surface area contributed by atoms with Gasteiger partial charge < -0.3 is 20.1 Å². The average Bonchev–Trinajstić information content (AvgIpc) is 2.92. The van der Waals surface area contributed by atoms with Crippen LogP contribution in [0.2, 0.25) is 0 Å². The van der Waals surface area contributed by atoms with Gasteiger partial charge in [0.25, 0.3) is 0 Å². The van der Waals surface area contributed by atoms with Crippen LogP contribution in [0.1, 0.15) is 49.6 Å². The third kappa shape index (κ3) is 7.13. The molecule has 0 bridgehead atoms. The first-order valence-electron chi connectivity index (χ1n) is 9.25. The summed E-state index contributed by atoms with van der Waals surface area (Å²) >= 11 is 0. The SMILES string of the molecule is CCCCN1CCC(NC(=NC)NCCc2c(C)noc2C)CC1.I. The zero-order valence-corrected chi connectivity index (χ0v) is 18.4. The molecule has 0 aliphatic carbocycles. The topological polar surface area (TPSA) is 65.7 Å². The first-order chi connectivity index (χ1) is 11.6. The number of piperidine rings is 1. The van der Waals surface area contributed by atoms with Crippen molar-refractivity contribution >= 4 is 29.9 Å². The van der Waals surface area contributed by atoms with Crippen molar-refractivity contribution in [2.75, 3.05) is 33.2 Å². The van der Waals surface area contributed by atoms with Gasteiger partial charge in [-0.2, -0.15) is 0 Å². The van der Waals surface area contributed by atoms with E-state index in [0.717, 1.165) is 30.4 Å². The van der Waals surface area contributed by atoms with Crippen molar-refractivity contribution in [3.05, 3.63) is 17.0 Å². The minimum atomic E-state index is 0. The second-order valence-corrected chi connectivity index (χ2v) is 6.67. The highest BCUT2D eigenvalue weighted by atomic mass is 127. The molecule has 1 aliphatic rings. The standard InChI is InChI=1S/C18H33N5O.HI/c1-5-6-11-23-12-8-16(9-13-23)21-18(19-4)20-10-7-17-14(2)22-24-15(17)3;/h16H,5-13H2,1-4H3,(H2,19,20,21);1H. The molecule has 0 saturated carbocycles. The number of aliphatic imine (C=N–C) groups is 1. The van der Waals surface area contributed by atoms with E-state index in [1.807, 2.05) is 20.9 Å². The smallest absolute Gasteiger partial charge is 0.191 e. The molecule has 0 spiro atoms. The Bertz CT molecular complexity index is 504. The second kappa shape index (κ2) is 11.7. The van der Waals surface area contributed by atoms with E-state index in [4.69, 9.17) is 4.52 Å². The Balaban J connectivity index is 0.00000312. The molecule has 0 aromatic carbocycles. The van der Waals surface area contributed by atoms with Gasteiger partial charge in [-0.3, -0.25) is 4.99 Å². The van der Waals surface area contributed by atoms with Crippen LogP contribution in [0.15, 0.2) is 9.52 Å². The fourth-order valence-electron chi connectivity index (χ4n) is 3.24. The molecule has 2 N–H and O–H groups in total. The van der Waals surface area contributed by atoms with Crippen molar-refractivity contribution in [1.82, 2.24) is 20.7 Å². The maximum atomic E-state index is 5.21. The van der Waals surface area contributed by atoms with Crippen LogP contribution in [0.4, 0.5) is 0 Å². The number of likely N-dealkylation sites (tertiary alicyclic amines) is 1. The van der Waals surface area contributed by atoms with Crippen LogP contribution in [0, 0.1) is 13.8 Å². The lowest BCUT2D eigenvalue weighted by molar-refractivity contribution is 0.203. The highest BCUT2D eigenvalue weighted by Gasteiger charge is 2.19. The Morgan fingerprint density at radius 1 is 1.32 bits per heavy atom. The van der Waals surface area contributed by atoms with Gasteiger partial charge in [0.2, 0.25) is 0 Å². The monoisotopic (exact) mass is 463 g/mol. The molecule has 1 aliphatic heterocycles. The van der Waals surface area contributed by atoms with Gasteiger partial charge in [0, 0.05) is 38.3 Å². The van der Waals surface area contributed by atoms with Crippen LogP contribution in [-0.2, 0) is 6.42 Å². The molecular formula is C18H34IN5O. The van der Waals surface area contributed by atoms with Crippen LogP contribution >= 0.6 is 24.0 Å². The van der Waals surface area contributed by atoms with Crippen molar-refractivity contribution in [2.45, 2.75) is 58.9 Å². The van der Waals surface area contributed by atoms with E-state index in [-0.39, 0.29) is 24.0 Å². The highest BCUT2D eigenvalue weighted by molar-refractivity contribution is 14.0. The van der Waals surface area contributed by atoms with Gasteiger partial charge >= 0.3 is 0 Å². The molecule has 144 valence electrons. The fourth-order valence-corrected chi connectivity index (χ4v) is 3.24. The summed E-state index contributed by atoms with van der Waals surface area (Å²) in [5, 5.41) is 11.0. The Labute approximate surface area is 169 Å². The van der Waals surface area contributed by atoms with E-state index in [2.05, 4.69) is 32.6 Å². The summed E-state index contributed by atoms with van der Waals surface area (Å²) in [5.41, 5.74) is 2.18. The summed E-state index contributed by atoms with van der Waals surface area (Å²) < 4.78 is 5.21. The molecule has 0 radical (unpaired) electrons. The Hall–Kier alpha value is -0.830. The van der Waals surface area contributed by atoms with Gasteiger partial charge in [-0.05, 0) is 46.1 Å². The first-order valence-corrected chi connectivity index (χ1v) is 9.25. The number of guanidine groups is 1. The maximum absolute atomic E-state index is 5.21. The van der Waals surface area contributed by atoms with Gasteiger partial charge in [0.05, 0.1) is 5.69 Å². The van der Waals surface area contributed by atoms with E-state index in [9.17, 15) is 0 Å². The number of nitrogens with one attached hydrogen (secondary N) is 2. The minimum Gasteiger partial charge on any atom is -0.361 e. The number of unbranched alkanes of at least 4 members (excludes halogenated alkanes) is 1. The van der Waals surface area contributed by atoms with Crippen molar-refractivity contribution in [2.24, 2.45) is 4.99 Å². The summed E-state index contributed by atoms with van der Waals surface area (Å²) in [6.45, 7) is 10.7. The van der Waals surface area contributed by atoms with Crippen molar-refractivity contribution in [3.63, 3.8) is 0 Å². The molecule has 2 heterocycles. The summed E-state index contributed by atoms with van der Waals surface area (Å²) in [6.07, 6.45) is 5.86. The normalized spacial score (nSPS) is 16.6. The predicted molar refractivity (Wildman–Crippen MR) is 114 cm³/mol. The lowest BCUT2D eigenvalue weighted by Gasteiger charge is -2.33. The van der Waals surface area contributed by atoms with E-state index in [1.165, 1.54) is 50.9 Å². The molecule has 1 fully saturated rings. The molecule has 1 aromatic rings. The average molecular weight is 463 g/mol. The molecule has 2 rings (SSSR count). The Morgan fingerprint density at radius 3 is 2.60 bits per heavy atom. The van der Waals surface area contributed by atoms with Gasteiger partial charge in [0.15, 0.2) is 5.96 Å². The van der Waals surface area contributed by atoms with Gasteiger partial charge in [-0.25, -0.2) is 0 Å². The fraction of sp³-hybridized carbons (Fsp3) is 0.778. The molecule has 0 unspecified atom stereocenters. The molecule has 7 heteroatoms. The van der Waals surface area contributed by atoms with Crippen molar-refractivity contribution in [1.29, 1.82) is 0 Å². The molecule has 1 saturated heterocycles. The van der Waals surface area contributed by atoms with Crippen LogP contribution in [0.25, 0.3) is 0 Å². The van der Waals surface area contributed by atoms with Crippen LogP contribution in [0.3, 0.4) is 0 Å². The molecule has 0 amide bonds. The zero-order chi connectivity index (χ0) is 17.4. The van der Waals surface area contributed by atoms with E-state index >= 15 is 0 Å². The van der Waals surface area contributed by atoms with Gasteiger partial charge in [0.1, 0.15) is 5.76 Å². The van der Waals surface area contributed by atoms with Gasteiger partial charge in [-0.1, -0.05) is 18.5 Å². The van der Waals surface area contributed by atoms with E-state index in [0.29, 0.717) is 6.04 Å². The van der Waals surface area contributed by atoms with Crippen LogP contribution in [0.5, 0.6) is 0 Å². The number of aryl methyl sites for hydroxylation is 2. The lowest BCUT2D eigenvalue weighted by Crippen LogP contribution is -2.49. The number of aromatic nitrogens is 1. The quantitative estimate of drug-likeness (QED) is 0.370. The largest absolute Gasteiger partial charge is 0.361 e. The maximum Gasteiger partial charge on any atom is 0.191 e. The molecule has 6 nitrogen and oxygen atoms in total. The minimum absolute atomic E-state index is 0. The number of rotatable bonds is 7. The molecule has 1 aromatic heterocycles. The summed E-state index contributed by atoms with van der Waals surface area (Å²) in [5.74, 6) is 1.81. The van der Waals surface area contributed by atoms with E-state index in [1.54, 1.807) is 0 Å². The van der Waals surface area contributed by atoms with Crippen molar-refractivity contribution < 1.29 is 4.52 Å². The van der Waals surface area contributed by atoms with Crippen molar-refractivity contribution in [3.8, 4) is 0 Å². The summed E-state index contributed by atoms with van der Waals surface area (Å²) in [6, 6.07) is 0.521. The third-order valence-electron chi connectivity index (χ3n) is 4.83.